The van der Waals surface area contributed by atoms with Crippen LogP contribution in [0.15, 0.2) is 158 Å². The van der Waals surface area contributed by atoms with E-state index in [1.807, 2.05) is 11.3 Å². The fourth-order valence-electron chi connectivity index (χ4n) is 7.23. The predicted molar refractivity (Wildman–Crippen MR) is 192 cm³/mol. The molecule has 0 aliphatic rings. The van der Waals surface area contributed by atoms with Gasteiger partial charge in [-0.25, -0.2) is 0 Å². The Hall–Kier alpha value is -5.24. The molecule has 1 aromatic heterocycles. The molecule has 44 heavy (non-hydrogen) atoms. The smallest absolute Gasteiger partial charge is 0.0434 e. The fraction of sp³-hybridized carbons (Fsp3) is 0.0233. The summed E-state index contributed by atoms with van der Waals surface area (Å²) in [5, 5.41) is 10.5. The lowest BCUT2D eigenvalue weighted by Gasteiger charge is -2.19. The van der Waals surface area contributed by atoms with Crippen molar-refractivity contribution in [1.82, 2.24) is 0 Å². The molecule has 0 saturated heterocycles. The van der Waals surface area contributed by atoms with Gasteiger partial charge in [-0.2, -0.15) is 0 Å². The van der Waals surface area contributed by atoms with Crippen LogP contribution in [0, 0.1) is 0 Å². The largest absolute Gasteiger partial charge is 0.135 e. The molecule has 0 amide bonds. The maximum absolute atomic E-state index is 2.33. The third kappa shape index (κ3) is 3.90. The number of rotatable bonds is 4. The number of hydrogen-bond acceptors (Lipinski definition) is 1. The van der Waals surface area contributed by atoms with Crippen molar-refractivity contribution in [3.63, 3.8) is 0 Å². The minimum absolute atomic E-state index is 0.855. The molecule has 206 valence electrons. The van der Waals surface area contributed by atoms with E-state index < -0.39 is 0 Å². The number of benzene rings is 8. The second-order valence-electron chi connectivity index (χ2n) is 11.6. The molecule has 1 heterocycles. The standard InChI is InChI=1S/C43H28S/c1-3-16-30-28(13-1)15-11-23-32(30)31-17-4-2-14-29(31)27-40-33-18-5-7-21-36(33)42(37-22-8-6-19-34(37)40)39-25-12-24-38-35-20-9-10-26-41(35)44-43(38)39/h1-26H,27H2. The molecule has 0 atom stereocenters. The summed E-state index contributed by atoms with van der Waals surface area (Å²) in [5.41, 5.74) is 7.98. The van der Waals surface area contributed by atoms with Crippen LogP contribution in [-0.2, 0) is 6.42 Å². The first kappa shape index (κ1) is 25.3. The van der Waals surface area contributed by atoms with Gasteiger partial charge in [0.2, 0.25) is 0 Å². The Morgan fingerprint density at radius 1 is 0.364 bits per heavy atom. The minimum Gasteiger partial charge on any atom is -0.135 e. The molecule has 0 aliphatic heterocycles. The van der Waals surface area contributed by atoms with Crippen LogP contribution in [0.3, 0.4) is 0 Å². The summed E-state index contributed by atoms with van der Waals surface area (Å²) in [7, 11) is 0. The van der Waals surface area contributed by atoms with E-state index in [0.717, 1.165) is 6.42 Å². The van der Waals surface area contributed by atoms with E-state index >= 15 is 0 Å². The summed E-state index contributed by atoms with van der Waals surface area (Å²) in [5.74, 6) is 0. The molecule has 0 aliphatic carbocycles. The maximum Gasteiger partial charge on any atom is 0.0434 e. The van der Waals surface area contributed by atoms with E-state index in [4.69, 9.17) is 0 Å². The van der Waals surface area contributed by atoms with Gasteiger partial charge in [0, 0.05) is 25.7 Å². The van der Waals surface area contributed by atoms with Crippen LogP contribution < -0.4 is 0 Å². The first-order chi connectivity index (χ1) is 21.8. The number of fused-ring (bicyclic) bond motifs is 6. The molecule has 0 saturated carbocycles. The summed E-state index contributed by atoms with van der Waals surface area (Å²) in [4.78, 5) is 0. The highest BCUT2D eigenvalue weighted by Gasteiger charge is 2.19. The Bertz CT molecular complexity index is 2470. The Balaban J connectivity index is 1.31. The Kier molecular flexibility index (Phi) is 5.85. The highest BCUT2D eigenvalue weighted by Crippen LogP contribution is 2.46. The Morgan fingerprint density at radius 2 is 0.886 bits per heavy atom. The highest BCUT2D eigenvalue weighted by molar-refractivity contribution is 7.26. The summed E-state index contributed by atoms with van der Waals surface area (Å²) in [6.45, 7) is 0. The van der Waals surface area contributed by atoms with Crippen LogP contribution in [0.25, 0.3) is 74.7 Å². The molecule has 0 unspecified atom stereocenters. The topological polar surface area (TPSA) is 0 Å². The molecule has 9 rings (SSSR count). The van der Waals surface area contributed by atoms with Crippen molar-refractivity contribution in [3.05, 3.63) is 169 Å². The van der Waals surface area contributed by atoms with Crippen molar-refractivity contribution < 1.29 is 0 Å². The average Bonchev–Trinajstić information content (AvgIpc) is 3.48. The van der Waals surface area contributed by atoms with E-state index in [1.165, 1.54) is 85.9 Å². The summed E-state index contributed by atoms with van der Waals surface area (Å²) in [6.07, 6.45) is 0.855. The molecule has 0 spiro atoms. The van der Waals surface area contributed by atoms with Crippen molar-refractivity contribution >= 4 is 63.8 Å². The van der Waals surface area contributed by atoms with Gasteiger partial charge in [-0.05, 0) is 72.6 Å². The Morgan fingerprint density at radius 3 is 1.68 bits per heavy atom. The molecule has 0 N–H and O–H groups in total. The predicted octanol–water partition coefficient (Wildman–Crippen LogP) is 12.4. The van der Waals surface area contributed by atoms with Gasteiger partial charge in [-0.15, -0.1) is 11.3 Å². The zero-order valence-corrected chi connectivity index (χ0v) is 24.9. The van der Waals surface area contributed by atoms with Crippen molar-refractivity contribution in [2.24, 2.45) is 0 Å². The number of thiophene rings is 1. The zero-order valence-electron chi connectivity index (χ0n) is 24.1. The van der Waals surface area contributed by atoms with Gasteiger partial charge in [0.1, 0.15) is 0 Å². The third-order valence-electron chi connectivity index (χ3n) is 9.18. The summed E-state index contributed by atoms with van der Waals surface area (Å²) < 4.78 is 2.70. The molecule has 0 bridgehead atoms. The van der Waals surface area contributed by atoms with Crippen LogP contribution in [-0.4, -0.2) is 0 Å². The maximum atomic E-state index is 2.33. The normalized spacial score (nSPS) is 11.7. The summed E-state index contributed by atoms with van der Waals surface area (Å²) in [6, 6.07) is 58.0. The second kappa shape index (κ2) is 10.2. The van der Waals surface area contributed by atoms with E-state index in [1.54, 1.807) is 0 Å². The average molecular weight is 577 g/mol. The molecule has 0 nitrogen and oxygen atoms in total. The van der Waals surface area contributed by atoms with Crippen molar-refractivity contribution in [2.75, 3.05) is 0 Å². The first-order valence-electron chi connectivity index (χ1n) is 15.2. The lowest BCUT2D eigenvalue weighted by atomic mass is 9.84. The molecular formula is C43H28S. The lowest BCUT2D eigenvalue weighted by molar-refractivity contribution is 1.23. The van der Waals surface area contributed by atoms with Crippen molar-refractivity contribution in [1.29, 1.82) is 0 Å². The van der Waals surface area contributed by atoms with Gasteiger partial charge in [-0.3, -0.25) is 0 Å². The van der Waals surface area contributed by atoms with Crippen LogP contribution in [0.1, 0.15) is 11.1 Å². The van der Waals surface area contributed by atoms with E-state index in [0.29, 0.717) is 0 Å². The van der Waals surface area contributed by atoms with Crippen molar-refractivity contribution in [2.45, 2.75) is 6.42 Å². The van der Waals surface area contributed by atoms with E-state index in [2.05, 4.69) is 158 Å². The SMILES string of the molecule is c1ccc(-c2cccc3ccccc23)c(Cc2c3ccccc3c(-c3cccc4c3sc3ccccc34)c3ccccc23)c1. The third-order valence-corrected chi connectivity index (χ3v) is 10.4. The van der Waals surface area contributed by atoms with Crippen LogP contribution >= 0.6 is 11.3 Å². The lowest BCUT2D eigenvalue weighted by Crippen LogP contribution is -1.97. The molecule has 8 aromatic carbocycles. The molecule has 1 heteroatoms. The molecule has 0 radical (unpaired) electrons. The first-order valence-corrected chi connectivity index (χ1v) is 16.1. The van der Waals surface area contributed by atoms with Gasteiger partial charge in [0.25, 0.3) is 0 Å². The van der Waals surface area contributed by atoms with Crippen LogP contribution in [0.4, 0.5) is 0 Å². The molecule has 0 fully saturated rings. The second-order valence-corrected chi connectivity index (χ2v) is 12.6. The van der Waals surface area contributed by atoms with Gasteiger partial charge < -0.3 is 0 Å². The van der Waals surface area contributed by atoms with Crippen molar-refractivity contribution in [3.8, 4) is 22.3 Å². The van der Waals surface area contributed by atoms with Gasteiger partial charge in [0.05, 0.1) is 0 Å². The highest BCUT2D eigenvalue weighted by atomic mass is 32.1. The van der Waals surface area contributed by atoms with Crippen LogP contribution in [0.2, 0.25) is 0 Å². The summed E-state index contributed by atoms with van der Waals surface area (Å²) >= 11 is 1.91. The van der Waals surface area contributed by atoms with E-state index in [9.17, 15) is 0 Å². The number of hydrogen-bond donors (Lipinski definition) is 0. The van der Waals surface area contributed by atoms with Crippen LogP contribution in [0.5, 0.6) is 0 Å². The zero-order chi connectivity index (χ0) is 29.0. The monoisotopic (exact) mass is 576 g/mol. The van der Waals surface area contributed by atoms with Gasteiger partial charge in [-0.1, -0.05) is 152 Å². The fourth-order valence-corrected chi connectivity index (χ4v) is 8.45. The minimum atomic E-state index is 0.855. The van der Waals surface area contributed by atoms with Gasteiger partial charge in [0.15, 0.2) is 0 Å². The molecule has 9 aromatic rings. The molecular weight excluding hydrogens is 549 g/mol. The Labute approximate surface area is 260 Å². The van der Waals surface area contributed by atoms with E-state index in [-0.39, 0.29) is 0 Å². The van der Waals surface area contributed by atoms with Gasteiger partial charge >= 0.3 is 0 Å². The quantitative estimate of drug-likeness (QED) is 0.183.